The normalized spacial score (nSPS) is 11.9. The molecule has 0 spiro atoms. The summed E-state index contributed by atoms with van der Waals surface area (Å²) in [5.41, 5.74) is 19.5. The van der Waals surface area contributed by atoms with Crippen molar-refractivity contribution in [1.82, 2.24) is 0 Å². The van der Waals surface area contributed by atoms with Crippen LogP contribution in [0.25, 0.3) is 94.9 Å². The molecule has 2 aromatic heterocycles. The first kappa shape index (κ1) is 44.4. The number of hydrogen-bond donors (Lipinski definition) is 0. The van der Waals surface area contributed by atoms with Crippen LogP contribution in [0, 0.1) is 41.5 Å². The van der Waals surface area contributed by atoms with E-state index >= 15 is 0 Å². The van der Waals surface area contributed by atoms with Gasteiger partial charge in [-0.25, -0.2) is 0 Å². The molecule has 74 heavy (non-hydrogen) atoms. The van der Waals surface area contributed by atoms with Crippen molar-refractivity contribution >= 4 is 129 Å². The maximum Gasteiger partial charge on any atom is 0.0540 e. The van der Waals surface area contributed by atoms with Gasteiger partial charge in [-0.15, -0.1) is 22.7 Å². The van der Waals surface area contributed by atoms with Gasteiger partial charge in [-0.2, -0.15) is 0 Å². The lowest BCUT2D eigenvalue weighted by Crippen LogP contribution is -2.14. The molecule has 0 radical (unpaired) electrons. The Morgan fingerprint density at radius 3 is 1.11 bits per heavy atom. The molecule has 0 amide bonds. The van der Waals surface area contributed by atoms with Gasteiger partial charge in [0.1, 0.15) is 0 Å². The first-order valence-corrected chi connectivity index (χ1v) is 27.3. The number of anilines is 6. The van der Waals surface area contributed by atoms with Crippen molar-refractivity contribution in [3.8, 4) is 22.3 Å². The molecule has 0 aliphatic rings. The summed E-state index contributed by atoms with van der Waals surface area (Å²) in [6.07, 6.45) is 0. The van der Waals surface area contributed by atoms with E-state index in [0.717, 1.165) is 11.4 Å². The van der Waals surface area contributed by atoms with Gasteiger partial charge in [0.15, 0.2) is 0 Å². The van der Waals surface area contributed by atoms with Gasteiger partial charge in [0, 0.05) is 62.5 Å². The average Bonchev–Trinajstić information content (AvgIpc) is 3.99. The molecule has 14 rings (SSSR count). The first-order chi connectivity index (χ1) is 36.2. The van der Waals surface area contributed by atoms with Crippen LogP contribution < -0.4 is 9.80 Å². The van der Waals surface area contributed by atoms with Crippen LogP contribution in [0.5, 0.6) is 0 Å². The maximum absolute atomic E-state index is 2.53. The van der Waals surface area contributed by atoms with Gasteiger partial charge in [-0.3, -0.25) is 0 Å². The van der Waals surface area contributed by atoms with Crippen molar-refractivity contribution in [2.24, 2.45) is 0 Å². The molecule has 0 aliphatic carbocycles. The van der Waals surface area contributed by atoms with E-state index in [1.54, 1.807) is 0 Å². The van der Waals surface area contributed by atoms with E-state index in [4.69, 9.17) is 0 Å². The third kappa shape index (κ3) is 6.96. The highest BCUT2D eigenvalue weighted by molar-refractivity contribution is 7.26. The van der Waals surface area contributed by atoms with Crippen LogP contribution in [0.1, 0.15) is 33.4 Å². The first-order valence-electron chi connectivity index (χ1n) is 25.6. The molecule has 0 aliphatic heterocycles. The van der Waals surface area contributed by atoms with Crippen molar-refractivity contribution in [2.45, 2.75) is 41.5 Å². The Balaban J connectivity index is 0.952. The molecule has 2 heterocycles. The molecule has 12 aromatic carbocycles. The standard InChI is InChI=1S/C70H52N2S2/c1-41-15-11-17-51(35-41)71(67-43(3)37-49(38-44(67)4)53-21-13-23-57-55-19-7-9-25-63(55)73-69(53)57)61-33-29-47-28-32-60-62(34-30-48-27-31-59(61)65(47)66(48)60)72(52-18-12-16-42(2)36-52)68-45(5)39-50(40-46(68)6)54-22-14-24-58-56-20-8-10-26-64(56)74-70(54)58/h7-40H,1-6H3. The highest BCUT2D eigenvalue weighted by Gasteiger charge is 2.26. The zero-order chi connectivity index (χ0) is 49.9. The monoisotopic (exact) mass is 984 g/mol. The number of benzene rings is 12. The Morgan fingerprint density at radius 1 is 0.311 bits per heavy atom. The number of nitrogens with zero attached hydrogens (tertiary/aromatic N) is 2. The van der Waals surface area contributed by atoms with Gasteiger partial charge in [0.2, 0.25) is 0 Å². The van der Waals surface area contributed by atoms with Gasteiger partial charge in [0.05, 0.1) is 22.7 Å². The van der Waals surface area contributed by atoms with Crippen LogP contribution >= 0.6 is 22.7 Å². The summed E-state index contributed by atoms with van der Waals surface area (Å²) in [4.78, 5) is 5.06. The summed E-state index contributed by atoms with van der Waals surface area (Å²) in [6, 6.07) is 77.6. The smallest absolute Gasteiger partial charge is 0.0540 e. The van der Waals surface area contributed by atoms with E-state index in [1.165, 1.54) is 151 Å². The van der Waals surface area contributed by atoms with Crippen molar-refractivity contribution in [2.75, 3.05) is 9.80 Å². The lowest BCUT2D eigenvalue weighted by molar-refractivity contribution is 1.22. The highest BCUT2D eigenvalue weighted by atomic mass is 32.1. The van der Waals surface area contributed by atoms with Gasteiger partial charge in [-0.05, 0) is 192 Å². The summed E-state index contributed by atoms with van der Waals surface area (Å²) in [7, 11) is 0. The van der Waals surface area contributed by atoms with Gasteiger partial charge < -0.3 is 9.80 Å². The predicted octanol–water partition coefficient (Wildman–Crippen LogP) is 21.4. The summed E-state index contributed by atoms with van der Waals surface area (Å²) in [6.45, 7) is 13.6. The van der Waals surface area contributed by atoms with E-state index in [1.807, 2.05) is 22.7 Å². The molecule has 0 bridgehead atoms. The van der Waals surface area contributed by atoms with E-state index < -0.39 is 0 Å². The van der Waals surface area contributed by atoms with Crippen LogP contribution in [0.2, 0.25) is 0 Å². The summed E-state index contributed by atoms with van der Waals surface area (Å²) < 4.78 is 5.33. The zero-order valence-corrected chi connectivity index (χ0v) is 44.0. The molecule has 0 unspecified atom stereocenters. The van der Waals surface area contributed by atoms with Crippen molar-refractivity contribution in [3.63, 3.8) is 0 Å². The molecular formula is C70H52N2S2. The fourth-order valence-corrected chi connectivity index (χ4v) is 14.8. The van der Waals surface area contributed by atoms with E-state index in [9.17, 15) is 0 Å². The number of aryl methyl sites for hydroxylation is 6. The number of thiophene rings is 2. The molecule has 0 atom stereocenters. The SMILES string of the molecule is Cc1cccc(N(c2c(C)cc(-c3cccc4c3sc3ccccc34)cc2C)c2ccc3ccc4c(N(c5cccc(C)c5)c5c(C)cc(-c6cccc7c6sc6ccccc67)cc5C)ccc5ccc2c3c54)c1. The molecule has 2 nitrogen and oxygen atoms in total. The number of hydrogen-bond acceptors (Lipinski definition) is 4. The Bertz CT molecular complexity index is 4250. The van der Waals surface area contributed by atoms with Crippen LogP contribution in [0.4, 0.5) is 34.1 Å². The molecule has 14 aromatic rings. The van der Waals surface area contributed by atoms with Gasteiger partial charge in [-0.1, -0.05) is 133 Å². The Morgan fingerprint density at radius 2 is 0.689 bits per heavy atom. The molecule has 0 N–H and O–H groups in total. The van der Waals surface area contributed by atoms with Gasteiger partial charge >= 0.3 is 0 Å². The van der Waals surface area contributed by atoms with Crippen molar-refractivity contribution in [1.29, 1.82) is 0 Å². The minimum Gasteiger partial charge on any atom is -0.309 e. The molecular weight excluding hydrogens is 933 g/mol. The maximum atomic E-state index is 2.53. The van der Waals surface area contributed by atoms with E-state index in [2.05, 4.69) is 258 Å². The Hall–Kier alpha value is -8.28. The fourth-order valence-electron chi connectivity index (χ4n) is 12.3. The molecule has 0 saturated heterocycles. The molecule has 0 saturated carbocycles. The summed E-state index contributed by atoms with van der Waals surface area (Å²) in [5.74, 6) is 0. The number of rotatable bonds is 8. The van der Waals surface area contributed by atoms with Crippen LogP contribution in [0.3, 0.4) is 0 Å². The minimum absolute atomic E-state index is 1.15. The Labute approximate surface area is 440 Å². The molecule has 354 valence electrons. The van der Waals surface area contributed by atoms with Crippen LogP contribution in [-0.2, 0) is 0 Å². The quantitative estimate of drug-likeness (QED) is 0.140. The third-order valence-corrected chi connectivity index (χ3v) is 17.9. The van der Waals surface area contributed by atoms with Gasteiger partial charge in [0.25, 0.3) is 0 Å². The topological polar surface area (TPSA) is 6.48 Å². The Kier molecular flexibility index (Phi) is 10.3. The highest BCUT2D eigenvalue weighted by Crippen LogP contribution is 2.51. The van der Waals surface area contributed by atoms with Crippen LogP contribution in [0.15, 0.2) is 206 Å². The van der Waals surface area contributed by atoms with E-state index in [-0.39, 0.29) is 0 Å². The van der Waals surface area contributed by atoms with Crippen molar-refractivity contribution < 1.29 is 0 Å². The second-order valence-corrected chi connectivity index (χ2v) is 22.5. The van der Waals surface area contributed by atoms with E-state index in [0.29, 0.717) is 0 Å². The average molecular weight is 985 g/mol. The lowest BCUT2D eigenvalue weighted by atomic mass is 9.90. The number of fused-ring (bicyclic) bond motifs is 6. The predicted molar refractivity (Wildman–Crippen MR) is 325 cm³/mol. The van der Waals surface area contributed by atoms with Crippen LogP contribution in [-0.4, -0.2) is 0 Å². The third-order valence-electron chi connectivity index (χ3n) is 15.5. The molecule has 0 fully saturated rings. The van der Waals surface area contributed by atoms with Crippen molar-refractivity contribution in [3.05, 3.63) is 240 Å². The summed E-state index contributed by atoms with van der Waals surface area (Å²) in [5, 5.41) is 12.8. The fraction of sp³-hybridized carbons (Fsp3) is 0.0857. The summed E-state index contributed by atoms with van der Waals surface area (Å²) >= 11 is 3.79. The lowest BCUT2D eigenvalue weighted by Gasteiger charge is -2.32. The minimum atomic E-state index is 1.15. The largest absolute Gasteiger partial charge is 0.309 e. The molecule has 4 heteroatoms. The second-order valence-electron chi connectivity index (χ2n) is 20.4. The zero-order valence-electron chi connectivity index (χ0n) is 42.3. The second kappa shape index (κ2) is 17.2.